The first-order valence-electron chi connectivity index (χ1n) is 13.4. The van der Waals surface area contributed by atoms with Crippen molar-refractivity contribution >= 4 is 45.4 Å². The van der Waals surface area contributed by atoms with E-state index in [4.69, 9.17) is 4.55 Å². The molecule has 8 nitrogen and oxygen atoms in total. The van der Waals surface area contributed by atoms with Gasteiger partial charge in [-0.3, -0.25) is 18.3 Å². The number of hydrogen-bond acceptors (Lipinski definition) is 4. The standard InChI is InChI=1S/C26H38F5N3O5S2/c1-19-18-20(12-13-21(19)32-41(38)39)34-22(35)24(2,3)33(23(34)36)15-9-7-5-4-6-8-10-16-40(37)17-11-14-25(27,28)26(29,30)31/h12-13,18,32H,4-11,14-17H2,1-3H3,(H,38,39). The second-order valence-corrected chi connectivity index (χ2v) is 13.0. The largest absolute Gasteiger partial charge is 0.453 e. The van der Waals surface area contributed by atoms with Gasteiger partial charge < -0.3 is 4.90 Å². The lowest BCUT2D eigenvalue weighted by Gasteiger charge is -2.27. The fourth-order valence-electron chi connectivity index (χ4n) is 4.55. The summed E-state index contributed by atoms with van der Waals surface area (Å²) in [5.41, 5.74) is 0.346. The number of nitrogens with one attached hydrogen (secondary N) is 1. The van der Waals surface area contributed by atoms with Gasteiger partial charge in [0.25, 0.3) is 17.2 Å². The lowest BCUT2D eigenvalue weighted by Crippen LogP contribution is -2.44. The maximum atomic E-state index is 13.2. The Morgan fingerprint density at radius 3 is 2.02 bits per heavy atom. The van der Waals surface area contributed by atoms with Crippen molar-refractivity contribution < 1.29 is 44.5 Å². The molecule has 2 rings (SSSR count). The molecule has 1 aromatic rings. The lowest BCUT2D eigenvalue weighted by molar-refractivity contribution is -0.284. The summed E-state index contributed by atoms with van der Waals surface area (Å²) in [6.07, 6.45) is -1.86. The molecule has 0 aliphatic carbocycles. The van der Waals surface area contributed by atoms with Crippen LogP contribution in [-0.2, 0) is 26.9 Å². The molecule has 1 aliphatic heterocycles. The number of imide groups is 1. The number of urea groups is 1. The molecule has 41 heavy (non-hydrogen) atoms. The summed E-state index contributed by atoms with van der Waals surface area (Å²) < 4.78 is 96.6. The number of halogens is 5. The highest BCUT2D eigenvalue weighted by molar-refractivity contribution is 7.84. The average Bonchev–Trinajstić information content (AvgIpc) is 3.02. The van der Waals surface area contributed by atoms with Gasteiger partial charge in [0, 0.05) is 35.3 Å². The minimum atomic E-state index is -5.58. The van der Waals surface area contributed by atoms with E-state index in [1.54, 1.807) is 37.8 Å². The Hall–Kier alpha value is -2.13. The maximum absolute atomic E-state index is 13.2. The Morgan fingerprint density at radius 2 is 1.46 bits per heavy atom. The van der Waals surface area contributed by atoms with Gasteiger partial charge in [-0.2, -0.15) is 22.0 Å². The first-order valence-corrected chi connectivity index (χ1v) is 16.0. The topological polar surface area (TPSA) is 107 Å². The van der Waals surface area contributed by atoms with Gasteiger partial charge in [-0.05, 0) is 63.8 Å². The van der Waals surface area contributed by atoms with E-state index in [2.05, 4.69) is 4.72 Å². The van der Waals surface area contributed by atoms with Gasteiger partial charge in [0.1, 0.15) is 5.54 Å². The van der Waals surface area contributed by atoms with Crippen LogP contribution < -0.4 is 9.62 Å². The van der Waals surface area contributed by atoms with Gasteiger partial charge in [-0.25, -0.2) is 13.9 Å². The Labute approximate surface area is 242 Å². The minimum Gasteiger partial charge on any atom is -0.310 e. The van der Waals surface area contributed by atoms with E-state index < -0.39 is 58.6 Å². The molecule has 1 heterocycles. The van der Waals surface area contributed by atoms with E-state index in [0.717, 1.165) is 37.0 Å². The number of amides is 3. The molecule has 234 valence electrons. The molecule has 1 fully saturated rings. The second kappa shape index (κ2) is 14.9. The first kappa shape index (κ1) is 35.1. The summed E-state index contributed by atoms with van der Waals surface area (Å²) in [5, 5.41) is 0. The normalized spacial score (nSPS) is 17.3. The van der Waals surface area contributed by atoms with Crippen LogP contribution in [0.3, 0.4) is 0 Å². The van der Waals surface area contributed by atoms with Crippen LogP contribution in [0.25, 0.3) is 0 Å². The number of carbonyl (C=O) groups excluding carboxylic acids is 2. The van der Waals surface area contributed by atoms with Crippen LogP contribution in [0, 0.1) is 6.92 Å². The van der Waals surface area contributed by atoms with Crippen molar-refractivity contribution in [1.29, 1.82) is 0 Å². The molecular formula is C26H38F5N3O5S2. The molecule has 0 radical (unpaired) electrons. The zero-order valence-corrected chi connectivity index (χ0v) is 25.0. The van der Waals surface area contributed by atoms with Crippen molar-refractivity contribution in [1.82, 2.24) is 4.90 Å². The summed E-state index contributed by atoms with van der Waals surface area (Å²) in [7, 11) is -1.42. The Balaban J connectivity index is 1.68. The highest BCUT2D eigenvalue weighted by Gasteiger charge is 2.56. The number of alkyl halides is 5. The Kier molecular flexibility index (Phi) is 12.7. The van der Waals surface area contributed by atoms with Gasteiger partial charge in [0.05, 0.1) is 11.4 Å². The number of benzene rings is 1. The van der Waals surface area contributed by atoms with E-state index in [1.807, 2.05) is 0 Å². The third-order valence-corrected chi connectivity index (χ3v) is 8.90. The van der Waals surface area contributed by atoms with Crippen LogP contribution >= 0.6 is 0 Å². The number of hydrogen-bond donors (Lipinski definition) is 2. The minimum absolute atomic E-state index is 0.175. The van der Waals surface area contributed by atoms with Crippen LogP contribution in [0.1, 0.15) is 77.2 Å². The van der Waals surface area contributed by atoms with Crippen molar-refractivity contribution in [3.05, 3.63) is 23.8 Å². The molecule has 2 N–H and O–H groups in total. The fourth-order valence-corrected chi connectivity index (χ4v) is 6.16. The molecule has 0 aromatic heterocycles. The molecule has 0 spiro atoms. The summed E-state index contributed by atoms with van der Waals surface area (Å²) in [5.74, 6) is -5.02. The number of unbranched alkanes of at least 4 members (excludes halogenated alkanes) is 6. The predicted molar refractivity (Wildman–Crippen MR) is 150 cm³/mol. The number of carbonyl (C=O) groups is 2. The summed E-state index contributed by atoms with van der Waals surface area (Å²) in [6.45, 7) is 5.47. The van der Waals surface area contributed by atoms with E-state index >= 15 is 0 Å². The number of nitrogens with zero attached hydrogens (tertiary/aromatic N) is 2. The molecule has 0 saturated carbocycles. The van der Waals surface area contributed by atoms with E-state index in [0.29, 0.717) is 36.3 Å². The molecule has 0 bridgehead atoms. The average molecular weight is 632 g/mol. The quantitative estimate of drug-likeness (QED) is 0.0878. The highest BCUT2D eigenvalue weighted by atomic mass is 32.2. The van der Waals surface area contributed by atoms with Gasteiger partial charge >= 0.3 is 18.1 Å². The van der Waals surface area contributed by atoms with Crippen LogP contribution in [-0.4, -0.2) is 65.5 Å². The molecule has 1 saturated heterocycles. The van der Waals surface area contributed by atoms with E-state index in [9.17, 15) is 40.0 Å². The van der Waals surface area contributed by atoms with E-state index in [1.165, 1.54) is 6.07 Å². The Morgan fingerprint density at radius 1 is 0.902 bits per heavy atom. The van der Waals surface area contributed by atoms with Crippen molar-refractivity contribution in [3.8, 4) is 0 Å². The molecule has 1 aliphatic rings. The van der Waals surface area contributed by atoms with Crippen LogP contribution in [0.2, 0.25) is 0 Å². The number of anilines is 2. The SMILES string of the molecule is Cc1cc(N2C(=O)N(CCCCCCCCCS(=O)CCCC(F)(F)C(F)(F)F)C(C)(C)C2=O)ccc1NS(=O)O. The summed E-state index contributed by atoms with van der Waals surface area (Å²) in [6, 6.07) is 4.25. The van der Waals surface area contributed by atoms with Crippen molar-refractivity contribution in [2.45, 2.75) is 96.2 Å². The highest BCUT2D eigenvalue weighted by Crippen LogP contribution is 2.39. The van der Waals surface area contributed by atoms with E-state index in [-0.39, 0.29) is 17.4 Å². The van der Waals surface area contributed by atoms with Gasteiger partial charge in [0.15, 0.2) is 0 Å². The zero-order chi connectivity index (χ0) is 31.0. The van der Waals surface area contributed by atoms with Crippen molar-refractivity contribution in [2.75, 3.05) is 27.7 Å². The molecule has 2 unspecified atom stereocenters. The number of aryl methyl sites for hydroxylation is 1. The summed E-state index contributed by atoms with van der Waals surface area (Å²) >= 11 is -2.25. The third kappa shape index (κ3) is 9.70. The second-order valence-electron chi connectivity index (χ2n) is 10.6. The van der Waals surface area contributed by atoms with Crippen molar-refractivity contribution in [3.63, 3.8) is 0 Å². The summed E-state index contributed by atoms with van der Waals surface area (Å²) in [4.78, 5) is 28.9. The smallest absolute Gasteiger partial charge is 0.310 e. The van der Waals surface area contributed by atoms with Gasteiger partial charge in [0.2, 0.25) is 0 Å². The molecule has 2 atom stereocenters. The monoisotopic (exact) mass is 631 g/mol. The maximum Gasteiger partial charge on any atom is 0.453 e. The third-order valence-electron chi connectivity index (χ3n) is 7.02. The van der Waals surface area contributed by atoms with Crippen molar-refractivity contribution in [2.24, 2.45) is 0 Å². The van der Waals surface area contributed by atoms with Crippen LogP contribution in [0.5, 0.6) is 0 Å². The van der Waals surface area contributed by atoms with Crippen LogP contribution in [0.4, 0.5) is 38.1 Å². The molecule has 15 heteroatoms. The first-order chi connectivity index (χ1) is 19.0. The lowest BCUT2D eigenvalue weighted by atomic mass is 10.0. The van der Waals surface area contributed by atoms with Gasteiger partial charge in [-0.15, -0.1) is 0 Å². The van der Waals surface area contributed by atoms with Crippen LogP contribution in [0.15, 0.2) is 18.2 Å². The fraction of sp³-hybridized carbons (Fsp3) is 0.692. The zero-order valence-electron chi connectivity index (χ0n) is 23.4. The predicted octanol–water partition coefficient (Wildman–Crippen LogP) is 6.55. The molecular weight excluding hydrogens is 593 g/mol. The molecule has 1 aromatic carbocycles. The number of rotatable bonds is 17. The molecule has 3 amide bonds. The Bertz CT molecular complexity index is 1120. The van der Waals surface area contributed by atoms with Gasteiger partial charge in [-0.1, -0.05) is 32.1 Å².